The Morgan fingerprint density at radius 3 is 2.29 bits per heavy atom. The molecule has 0 spiro atoms. The van der Waals surface area contributed by atoms with Crippen LogP contribution in [-0.4, -0.2) is 27.6 Å². The third-order valence-electron chi connectivity index (χ3n) is 2.91. The molecule has 0 radical (unpaired) electrons. The van der Waals surface area contributed by atoms with E-state index < -0.39 is 36.0 Å². The molecule has 0 aromatic carbocycles. The van der Waals surface area contributed by atoms with E-state index in [1.54, 1.807) is 20.8 Å². The fourth-order valence-electron chi connectivity index (χ4n) is 2.19. The summed E-state index contributed by atoms with van der Waals surface area (Å²) in [6.45, 7) is 5.10. The molecule has 0 atom stereocenters. The number of amides is 1. The fraction of sp³-hybridized carbons (Fsp3) is 0.615. The van der Waals surface area contributed by atoms with Gasteiger partial charge >= 0.3 is 6.09 Å². The van der Waals surface area contributed by atoms with Crippen LogP contribution >= 0.6 is 15.9 Å². The monoisotopic (exact) mass is 363 g/mol. The molecule has 1 aromatic rings. The highest BCUT2D eigenvalue weighted by Gasteiger charge is 2.60. The molecule has 5 nitrogen and oxygen atoms in total. The molecule has 1 heterocycles. The highest BCUT2D eigenvalue weighted by molar-refractivity contribution is 9.10. The molecule has 1 fully saturated rings. The van der Waals surface area contributed by atoms with Gasteiger partial charge in [0.25, 0.3) is 5.92 Å². The maximum Gasteiger partial charge on any atom is 0.408 e. The van der Waals surface area contributed by atoms with E-state index in [0.717, 1.165) is 0 Å². The van der Waals surface area contributed by atoms with Gasteiger partial charge in [-0.15, -0.1) is 0 Å². The number of alkyl carbamates (subject to hydrolysis) is 1. The summed E-state index contributed by atoms with van der Waals surface area (Å²) in [5.74, 6) is -2.69. The zero-order valence-corrected chi connectivity index (χ0v) is 13.5. The second-order valence-electron chi connectivity index (χ2n) is 6.14. The van der Waals surface area contributed by atoms with E-state index in [2.05, 4.69) is 31.2 Å². The van der Waals surface area contributed by atoms with E-state index in [4.69, 9.17) is 4.74 Å². The summed E-state index contributed by atoms with van der Waals surface area (Å²) in [6.07, 6.45) is 1.07. The van der Waals surface area contributed by atoms with E-state index >= 15 is 0 Å². The van der Waals surface area contributed by atoms with Crippen molar-refractivity contribution in [1.29, 1.82) is 0 Å². The number of carbonyl (C=O) groups is 1. The molecule has 21 heavy (non-hydrogen) atoms. The predicted octanol–water partition coefficient (Wildman–Crippen LogP) is 3.39. The van der Waals surface area contributed by atoms with Crippen LogP contribution in [0.2, 0.25) is 0 Å². The number of aromatic nitrogens is 2. The molecular formula is C13H16BrF2N3O2. The summed E-state index contributed by atoms with van der Waals surface area (Å²) >= 11 is 3.18. The predicted molar refractivity (Wildman–Crippen MR) is 75.0 cm³/mol. The molecule has 0 saturated heterocycles. The molecular weight excluding hydrogens is 348 g/mol. The number of carbonyl (C=O) groups excluding carboxylic acids is 1. The van der Waals surface area contributed by atoms with Crippen LogP contribution in [0.3, 0.4) is 0 Å². The highest BCUT2D eigenvalue weighted by Crippen LogP contribution is 2.50. The van der Waals surface area contributed by atoms with Gasteiger partial charge in [-0.05, 0) is 36.7 Å². The number of halogens is 3. The molecule has 1 N–H and O–H groups in total. The summed E-state index contributed by atoms with van der Waals surface area (Å²) in [7, 11) is 0. The smallest absolute Gasteiger partial charge is 0.408 e. The average molecular weight is 364 g/mol. The van der Waals surface area contributed by atoms with Crippen LogP contribution in [0.1, 0.15) is 39.4 Å². The molecule has 1 aromatic heterocycles. The largest absolute Gasteiger partial charge is 0.444 e. The lowest BCUT2D eigenvalue weighted by molar-refractivity contribution is -0.139. The van der Waals surface area contributed by atoms with Crippen molar-refractivity contribution in [2.24, 2.45) is 0 Å². The van der Waals surface area contributed by atoms with E-state index in [1.165, 1.54) is 12.4 Å². The first-order chi connectivity index (χ1) is 9.51. The second-order valence-corrected chi connectivity index (χ2v) is 7.06. The molecule has 1 saturated carbocycles. The lowest BCUT2D eigenvalue weighted by Gasteiger charge is -2.46. The standard InChI is InChI=1S/C13H16BrF2N3O2/c1-11(2,3)21-10(20)19-12(6-13(15,16)7-12)9-17-4-8(14)5-18-9/h4-5H,6-7H2,1-3H3,(H,19,20). The van der Waals surface area contributed by atoms with Crippen molar-refractivity contribution in [1.82, 2.24) is 15.3 Å². The number of ether oxygens (including phenoxy) is 1. The van der Waals surface area contributed by atoms with Gasteiger partial charge in [-0.2, -0.15) is 0 Å². The first-order valence-electron chi connectivity index (χ1n) is 6.38. The average Bonchev–Trinajstić information content (AvgIpc) is 2.23. The van der Waals surface area contributed by atoms with Crippen molar-refractivity contribution in [3.8, 4) is 0 Å². The highest BCUT2D eigenvalue weighted by atomic mass is 79.9. The van der Waals surface area contributed by atoms with Crippen LogP contribution in [0.25, 0.3) is 0 Å². The van der Waals surface area contributed by atoms with Gasteiger partial charge in [0.05, 0.1) is 4.47 Å². The summed E-state index contributed by atoms with van der Waals surface area (Å²) < 4.78 is 32.4. The Hall–Kier alpha value is -1.31. The lowest BCUT2D eigenvalue weighted by atomic mass is 9.72. The number of hydrogen-bond acceptors (Lipinski definition) is 4. The van der Waals surface area contributed by atoms with Gasteiger partial charge in [0, 0.05) is 25.2 Å². The summed E-state index contributed by atoms with van der Waals surface area (Å²) in [5.41, 5.74) is -2.00. The number of nitrogens with zero attached hydrogens (tertiary/aromatic N) is 2. The maximum atomic E-state index is 13.3. The number of hydrogen-bond donors (Lipinski definition) is 1. The van der Waals surface area contributed by atoms with Crippen LogP contribution in [0.15, 0.2) is 16.9 Å². The fourth-order valence-corrected chi connectivity index (χ4v) is 2.40. The van der Waals surface area contributed by atoms with Crippen LogP contribution in [-0.2, 0) is 10.3 Å². The zero-order valence-electron chi connectivity index (χ0n) is 11.9. The summed E-state index contributed by atoms with van der Waals surface area (Å²) in [5, 5.41) is 2.50. The summed E-state index contributed by atoms with van der Waals surface area (Å²) in [6, 6.07) is 0. The Morgan fingerprint density at radius 2 is 1.86 bits per heavy atom. The van der Waals surface area contributed by atoms with E-state index in [9.17, 15) is 13.6 Å². The van der Waals surface area contributed by atoms with Gasteiger partial charge in [0.15, 0.2) is 5.82 Å². The van der Waals surface area contributed by atoms with Gasteiger partial charge in [-0.25, -0.2) is 23.5 Å². The Kier molecular flexibility index (Phi) is 3.94. The molecule has 1 aliphatic carbocycles. The minimum absolute atomic E-state index is 0.155. The van der Waals surface area contributed by atoms with Crippen molar-refractivity contribution >= 4 is 22.0 Å². The molecule has 1 aliphatic rings. The molecule has 116 valence electrons. The van der Waals surface area contributed by atoms with Crippen LogP contribution < -0.4 is 5.32 Å². The van der Waals surface area contributed by atoms with E-state index in [-0.39, 0.29) is 5.82 Å². The quantitative estimate of drug-likeness (QED) is 0.874. The van der Waals surface area contributed by atoms with Gasteiger partial charge in [-0.3, -0.25) is 0 Å². The van der Waals surface area contributed by atoms with Crippen molar-refractivity contribution in [2.75, 3.05) is 0 Å². The van der Waals surface area contributed by atoms with E-state index in [0.29, 0.717) is 4.47 Å². The van der Waals surface area contributed by atoms with Crippen molar-refractivity contribution in [2.45, 2.75) is 50.7 Å². The van der Waals surface area contributed by atoms with Crippen LogP contribution in [0, 0.1) is 0 Å². The molecule has 0 unspecified atom stereocenters. The minimum Gasteiger partial charge on any atom is -0.444 e. The molecule has 1 amide bonds. The van der Waals surface area contributed by atoms with Gasteiger partial charge in [0.1, 0.15) is 11.1 Å². The Bertz CT molecular complexity index is 535. The lowest BCUT2D eigenvalue weighted by Crippen LogP contribution is -2.61. The second kappa shape index (κ2) is 5.15. The number of rotatable bonds is 2. The number of nitrogens with one attached hydrogen (secondary N) is 1. The van der Waals surface area contributed by atoms with E-state index in [1.807, 2.05) is 0 Å². The molecule has 2 rings (SSSR count). The Labute approximate surface area is 129 Å². The zero-order chi connectivity index (χ0) is 15.9. The van der Waals surface area contributed by atoms with Gasteiger partial charge in [-0.1, -0.05) is 0 Å². The molecule has 8 heteroatoms. The third-order valence-corrected chi connectivity index (χ3v) is 3.32. The summed E-state index contributed by atoms with van der Waals surface area (Å²) in [4.78, 5) is 19.9. The van der Waals surface area contributed by atoms with Crippen molar-refractivity contribution in [3.05, 3.63) is 22.7 Å². The van der Waals surface area contributed by atoms with Crippen molar-refractivity contribution < 1.29 is 18.3 Å². The van der Waals surface area contributed by atoms with Crippen molar-refractivity contribution in [3.63, 3.8) is 0 Å². The first-order valence-corrected chi connectivity index (χ1v) is 7.18. The number of alkyl halides is 2. The van der Waals surface area contributed by atoms with Crippen LogP contribution in [0.5, 0.6) is 0 Å². The van der Waals surface area contributed by atoms with Gasteiger partial charge < -0.3 is 10.1 Å². The first kappa shape index (κ1) is 16.1. The minimum atomic E-state index is -2.84. The Balaban J connectivity index is 2.19. The Morgan fingerprint density at radius 1 is 1.33 bits per heavy atom. The van der Waals surface area contributed by atoms with Crippen LogP contribution in [0.4, 0.5) is 13.6 Å². The van der Waals surface area contributed by atoms with Gasteiger partial charge in [0.2, 0.25) is 0 Å². The molecule has 0 aliphatic heterocycles. The normalized spacial score (nSPS) is 19.5. The molecule has 0 bridgehead atoms. The SMILES string of the molecule is CC(C)(C)OC(=O)NC1(c2ncc(Br)cn2)CC(F)(F)C1. The topological polar surface area (TPSA) is 64.1 Å². The maximum absolute atomic E-state index is 13.3. The third kappa shape index (κ3) is 3.87.